The third-order valence-corrected chi connectivity index (χ3v) is 3.14. The summed E-state index contributed by atoms with van der Waals surface area (Å²) in [4.78, 5) is 11.8. The van der Waals surface area contributed by atoms with E-state index in [9.17, 15) is 15.0 Å². The minimum absolute atomic E-state index is 0.198. The number of allylic oxidation sites excluding steroid dienone is 3. The fourth-order valence-electron chi connectivity index (χ4n) is 1.96. The zero-order valence-corrected chi connectivity index (χ0v) is 12.7. The van der Waals surface area contributed by atoms with Gasteiger partial charge in [0, 0.05) is 12.7 Å². The predicted molar refractivity (Wildman–Crippen MR) is 81.5 cm³/mol. The molecule has 21 heavy (non-hydrogen) atoms. The molecule has 1 aliphatic rings. The number of ketones is 1. The summed E-state index contributed by atoms with van der Waals surface area (Å²) in [6, 6.07) is 0. The Morgan fingerprint density at radius 3 is 2.71 bits per heavy atom. The fourth-order valence-corrected chi connectivity index (χ4v) is 1.96. The van der Waals surface area contributed by atoms with Gasteiger partial charge in [-0.1, -0.05) is 30.1 Å². The summed E-state index contributed by atoms with van der Waals surface area (Å²) >= 11 is 0. The first kappa shape index (κ1) is 17.4. The van der Waals surface area contributed by atoms with Crippen LogP contribution in [0.25, 0.3) is 0 Å². The zero-order valence-electron chi connectivity index (χ0n) is 12.7. The van der Waals surface area contributed by atoms with Crippen molar-refractivity contribution in [2.45, 2.75) is 45.0 Å². The number of hydrogen-bond acceptors (Lipinski definition) is 4. The van der Waals surface area contributed by atoms with Crippen molar-refractivity contribution in [3.8, 4) is 11.8 Å². The molecule has 4 heteroatoms. The van der Waals surface area contributed by atoms with E-state index in [0.717, 1.165) is 18.4 Å². The lowest BCUT2D eigenvalue weighted by Crippen LogP contribution is -2.45. The number of Topliss-reactive ketones (excluding diaryl/α,β-unsaturated/α-hetero) is 1. The molecule has 0 aromatic rings. The van der Waals surface area contributed by atoms with E-state index in [0.29, 0.717) is 0 Å². The topological polar surface area (TPSA) is 66.8 Å². The molecule has 1 rings (SSSR count). The smallest absolute Gasteiger partial charge is 0.198 e. The monoisotopic (exact) mass is 290 g/mol. The van der Waals surface area contributed by atoms with Gasteiger partial charge >= 0.3 is 0 Å². The van der Waals surface area contributed by atoms with Crippen molar-refractivity contribution >= 4 is 5.78 Å². The average molecular weight is 290 g/mol. The van der Waals surface area contributed by atoms with Gasteiger partial charge in [-0.05, 0) is 38.3 Å². The first-order valence-electron chi connectivity index (χ1n) is 6.84. The predicted octanol–water partition coefficient (Wildman–Crippen LogP) is 1.54. The summed E-state index contributed by atoms with van der Waals surface area (Å²) in [5, 5.41) is 19.6. The summed E-state index contributed by atoms with van der Waals surface area (Å²) in [6.45, 7) is 7.90. The quantitative estimate of drug-likeness (QED) is 0.609. The van der Waals surface area contributed by atoms with Crippen molar-refractivity contribution in [3.63, 3.8) is 0 Å². The van der Waals surface area contributed by atoms with Crippen LogP contribution in [0.4, 0.5) is 0 Å². The normalized spacial score (nSPS) is 24.7. The number of methoxy groups -OCH3 is 1. The van der Waals surface area contributed by atoms with Gasteiger partial charge in [-0.2, -0.15) is 0 Å². The molecular formula is C17H22O4. The van der Waals surface area contributed by atoms with E-state index in [2.05, 4.69) is 24.5 Å². The van der Waals surface area contributed by atoms with Crippen molar-refractivity contribution < 1.29 is 19.7 Å². The number of rotatable bonds is 4. The summed E-state index contributed by atoms with van der Waals surface area (Å²) in [5.41, 5.74) is 2.15. The number of ether oxygens (including phenoxy) is 1. The Morgan fingerprint density at radius 2 is 2.14 bits per heavy atom. The van der Waals surface area contributed by atoms with Crippen LogP contribution < -0.4 is 0 Å². The fraction of sp³-hybridized carbons (Fsp3) is 0.471. The molecule has 0 aliphatic heterocycles. The van der Waals surface area contributed by atoms with Crippen LogP contribution in [0.15, 0.2) is 35.5 Å². The molecule has 0 unspecified atom stereocenters. The molecule has 114 valence electrons. The van der Waals surface area contributed by atoms with E-state index in [1.807, 2.05) is 13.8 Å². The molecule has 0 bridgehead atoms. The third-order valence-electron chi connectivity index (χ3n) is 3.14. The van der Waals surface area contributed by atoms with Crippen molar-refractivity contribution in [2.75, 3.05) is 7.11 Å². The van der Waals surface area contributed by atoms with Gasteiger partial charge < -0.3 is 14.9 Å². The maximum absolute atomic E-state index is 11.8. The Hall–Kier alpha value is -1.67. The summed E-state index contributed by atoms with van der Waals surface area (Å²) in [6.07, 6.45) is 1.55. The maximum atomic E-state index is 11.8. The van der Waals surface area contributed by atoms with Crippen LogP contribution in [-0.2, 0) is 9.53 Å². The van der Waals surface area contributed by atoms with E-state index >= 15 is 0 Å². The molecule has 0 spiro atoms. The Balaban J connectivity index is 2.75. The third kappa shape index (κ3) is 4.98. The lowest BCUT2D eigenvalue weighted by molar-refractivity contribution is -0.141. The number of aliphatic hydroxyl groups is 2. The number of aliphatic hydroxyl groups excluding tert-OH is 2. The molecule has 0 saturated carbocycles. The first-order valence-corrected chi connectivity index (χ1v) is 6.84. The van der Waals surface area contributed by atoms with E-state index in [4.69, 9.17) is 4.74 Å². The van der Waals surface area contributed by atoms with Gasteiger partial charge in [0.25, 0.3) is 0 Å². The molecular weight excluding hydrogens is 268 g/mol. The highest BCUT2D eigenvalue weighted by molar-refractivity contribution is 5.93. The molecule has 0 aromatic carbocycles. The Kier molecular flexibility index (Phi) is 6.57. The van der Waals surface area contributed by atoms with Crippen molar-refractivity contribution in [2.24, 2.45) is 0 Å². The molecule has 0 saturated heterocycles. The second kappa shape index (κ2) is 7.94. The summed E-state index contributed by atoms with van der Waals surface area (Å²) in [7, 11) is 1.31. The van der Waals surface area contributed by atoms with Crippen LogP contribution in [0.5, 0.6) is 0 Å². The number of carbonyl (C=O) groups is 1. The molecule has 0 fully saturated rings. The van der Waals surface area contributed by atoms with Crippen LogP contribution in [0.1, 0.15) is 26.7 Å². The highest BCUT2D eigenvalue weighted by Crippen LogP contribution is 2.18. The molecule has 4 nitrogen and oxygen atoms in total. The van der Waals surface area contributed by atoms with Crippen LogP contribution in [0, 0.1) is 11.8 Å². The summed E-state index contributed by atoms with van der Waals surface area (Å²) in [5.74, 6) is 4.97. The second-order valence-electron chi connectivity index (χ2n) is 5.25. The molecule has 3 atom stereocenters. The van der Waals surface area contributed by atoms with E-state index in [1.54, 1.807) is 0 Å². The van der Waals surface area contributed by atoms with Gasteiger partial charge in [-0.25, -0.2) is 0 Å². The highest BCUT2D eigenvalue weighted by Gasteiger charge is 2.36. The van der Waals surface area contributed by atoms with Crippen LogP contribution >= 0.6 is 0 Å². The van der Waals surface area contributed by atoms with Crippen LogP contribution in [0.2, 0.25) is 0 Å². The lowest BCUT2D eigenvalue weighted by atomic mass is 9.91. The van der Waals surface area contributed by atoms with Gasteiger partial charge in [0.15, 0.2) is 5.78 Å². The minimum Gasteiger partial charge on any atom is -0.386 e. The van der Waals surface area contributed by atoms with Crippen molar-refractivity contribution in [3.05, 3.63) is 35.5 Å². The first-order chi connectivity index (χ1) is 9.86. The van der Waals surface area contributed by atoms with Gasteiger partial charge in [-0.3, -0.25) is 4.79 Å². The van der Waals surface area contributed by atoms with E-state index in [-0.39, 0.29) is 5.57 Å². The van der Waals surface area contributed by atoms with E-state index in [1.165, 1.54) is 18.8 Å². The average Bonchev–Trinajstić information content (AvgIpc) is 2.41. The van der Waals surface area contributed by atoms with Gasteiger partial charge in [0.2, 0.25) is 0 Å². The number of carbonyl (C=O) groups excluding carboxylic acids is 1. The number of hydrogen-bond donors (Lipinski definition) is 2. The highest BCUT2D eigenvalue weighted by atomic mass is 16.5. The van der Waals surface area contributed by atoms with Crippen molar-refractivity contribution in [1.29, 1.82) is 0 Å². The second-order valence-corrected chi connectivity index (χ2v) is 5.25. The van der Waals surface area contributed by atoms with E-state index < -0.39 is 24.1 Å². The molecule has 0 aromatic heterocycles. The Labute approximate surface area is 125 Å². The standard InChI is InChI=1S/C17H22O4/c1-11(2)6-5-7-12(3)8-9-13-10-14(18)17(21-4)16(20)15(13)19/h6,10,14-15,17-19H,3,5,7H2,1-2,4H3/t14-,15-,17-/m1/s1. The zero-order chi connectivity index (χ0) is 16.0. The molecule has 0 radical (unpaired) electrons. The Bertz CT molecular complexity index is 527. The largest absolute Gasteiger partial charge is 0.386 e. The van der Waals surface area contributed by atoms with Gasteiger partial charge in [0.05, 0.1) is 0 Å². The lowest BCUT2D eigenvalue weighted by Gasteiger charge is -2.26. The molecule has 2 N–H and O–H groups in total. The van der Waals surface area contributed by atoms with Crippen LogP contribution in [-0.4, -0.2) is 41.4 Å². The molecule has 0 heterocycles. The van der Waals surface area contributed by atoms with Crippen molar-refractivity contribution in [1.82, 2.24) is 0 Å². The SMILES string of the molecule is C=C(C#CC1=C[C@@H](O)[C@@H](OC)C(=O)[C@@H]1O)CCC=C(C)C. The molecule has 1 aliphatic carbocycles. The Morgan fingerprint density at radius 1 is 1.48 bits per heavy atom. The maximum Gasteiger partial charge on any atom is 0.198 e. The van der Waals surface area contributed by atoms with Gasteiger partial charge in [-0.15, -0.1) is 0 Å². The minimum atomic E-state index is -1.35. The molecule has 0 amide bonds. The summed E-state index contributed by atoms with van der Waals surface area (Å²) < 4.78 is 4.86. The van der Waals surface area contributed by atoms with Gasteiger partial charge in [0.1, 0.15) is 18.3 Å². The van der Waals surface area contributed by atoms with Crippen LogP contribution in [0.3, 0.4) is 0 Å².